The number of nitrogens with one attached hydrogen (secondary N) is 2. The highest BCUT2D eigenvalue weighted by atomic mass is 35.5. The minimum atomic E-state index is -0.787. The third-order valence-electron chi connectivity index (χ3n) is 12.8. The van der Waals surface area contributed by atoms with E-state index in [9.17, 15) is 24.4 Å². The lowest BCUT2D eigenvalue weighted by molar-refractivity contribution is -0.164. The Morgan fingerprint density at radius 1 is 0.966 bits per heavy atom. The van der Waals surface area contributed by atoms with Gasteiger partial charge < -0.3 is 19.9 Å². The molecule has 308 valence electrons. The molecule has 2 N–H and O–H groups in total. The molecule has 8 rings (SSSR count). The number of nitrogens with zero attached hydrogens (tertiary/aromatic N) is 8. The van der Waals surface area contributed by atoms with Crippen molar-refractivity contribution in [3.8, 4) is 11.8 Å². The topological polar surface area (TPSA) is 179 Å². The van der Waals surface area contributed by atoms with E-state index in [1.54, 1.807) is 36.8 Å². The Kier molecular flexibility index (Phi) is 10.8. The van der Waals surface area contributed by atoms with Gasteiger partial charge in [0.05, 0.1) is 27.7 Å². The molecule has 1 unspecified atom stereocenters. The Labute approximate surface area is 347 Å². The number of carbonyl (C=O) groups is 3. The molecule has 4 aliphatic rings. The van der Waals surface area contributed by atoms with E-state index >= 15 is 0 Å². The van der Waals surface area contributed by atoms with Gasteiger partial charge in [0.1, 0.15) is 24.0 Å². The van der Waals surface area contributed by atoms with Crippen LogP contribution in [-0.4, -0.2) is 100 Å². The van der Waals surface area contributed by atoms with Crippen molar-refractivity contribution in [3.05, 3.63) is 81.5 Å². The number of amides is 3. The van der Waals surface area contributed by atoms with E-state index in [0.717, 1.165) is 69.7 Å². The maximum absolute atomic E-state index is 13.4. The van der Waals surface area contributed by atoms with Gasteiger partial charge in [-0.05, 0) is 62.1 Å². The minimum absolute atomic E-state index is 0.171. The summed E-state index contributed by atoms with van der Waals surface area (Å²) >= 11 is 6.24. The number of piperazine rings is 1. The van der Waals surface area contributed by atoms with Gasteiger partial charge in [-0.2, -0.15) is 10.4 Å². The average Bonchev–Trinajstić information content (AvgIpc) is 3.71. The van der Waals surface area contributed by atoms with Gasteiger partial charge in [-0.25, -0.2) is 14.6 Å². The van der Waals surface area contributed by atoms with Crippen LogP contribution in [0.15, 0.2) is 59.8 Å². The van der Waals surface area contributed by atoms with Crippen molar-refractivity contribution in [1.29, 1.82) is 5.26 Å². The average molecular weight is 821 g/mol. The van der Waals surface area contributed by atoms with Crippen LogP contribution in [0.4, 0.5) is 11.6 Å². The van der Waals surface area contributed by atoms with Crippen LogP contribution in [0.1, 0.15) is 75.3 Å². The van der Waals surface area contributed by atoms with Crippen molar-refractivity contribution >= 4 is 51.7 Å². The van der Waals surface area contributed by atoms with Crippen LogP contribution >= 0.6 is 11.6 Å². The number of piperidine rings is 1. The first-order valence-electron chi connectivity index (χ1n) is 20.3. The SMILES string of the molecule is CC1(C)[C@H](NC(=O)c2cnc(N3CCC(CCN4CCN(c5ccc6c(=O)n([C@H]7CCC(=O)NC7=O)ncc6c5)CC4)C3)nc2)C(C)(C)[C@H]1Oc1ccc(C#N)c(Cl)c1. The quantitative estimate of drug-likeness (QED) is 0.217. The van der Waals surface area contributed by atoms with Crippen molar-refractivity contribution in [2.45, 2.75) is 71.6 Å². The van der Waals surface area contributed by atoms with Gasteiger partial charge in [0.2, 0.25) is 11.9 Å². The zero-order chi connectivity index (χ0) is 41.6. The monoisotopic (exact) mass is 820 g/mol. The van der Waals surface area contributed by atoms with Gasteiger partial charge >= 0.3 is 0 Å². The molecule has 0 radical (unpaired) electrons. The molecule has 2 aromatic heterocycles. The summed E-state index contributed by atoms with van der Waals surface area (Å²) in [5.74, 6) is 0.694. The van der Waals surface area contributed by atoms with E-state index in [-0.39, 0.29) is 53.2 Å². The minimum Gasteiger partial charge on any atom is -0.489 e. The predicted octanol–water partition coefficient (Wildman–Crippen LogP) is 4.34. The summed E-state index contributed by atoms with van der Waals surface area (Å²) in [6.07, 6.45) is 7.22. The molecule has 3 saturated heterocycles. The lowest BCUT2D eigenvalue weighted by Gasteiger charge is -2.63. The number of hydrogen-bond acceptors (Lipinski definition) is 12. The molecule has 1 aliphatic carbocycles. The van der Waals surface area contributed by atoms with E-state index in [2.05, 4.69) is 74.2 Å². The van der Waals surface area contributed by atoms with Gasteiger partial charge in [-0.3, -0.25) is 29.4 Å². The van der Waals surface area contributed by atoms with Crippen LogP contribution in [0.2, 0.25) is 5.02 Å². The first kappa shape index (κ1) is 40.2. The van der Waals surface area contributed by atoms with E-state index in [0.29, 0.717) is 39.2 Å². The fourth-order valence-electron chi connectivity index (χ4n) is 9.74. The normalized spacial score (nSPS) is 24.0. The molecular formula is C43H49ClN10O5. The second-order valence-corrected chi connectivity index (χ2v) is 17.8. The third kappa shape index (κ3) is 7.83. The zero-order valence-corrected chi connectivity index (χ0v) is 34.5. The molecule has 59 heavy (non-hydrogen) atoms. The summed E-state index contributed by atoms with van der Waals surface area (Å²) in [4.78, 5) is 66.8. The molecule has 4 aromatic rings. The van der Waals surface area contributed by atoms with Crippen molar-refractivity contribution < 1.29 is 19.1 Å². The number of rotatable bonds is 10. The Bertz CT molecular complexity index is 2370. The largest absolute Gasteiger partial charge is 0.489 e. The highest BCUT2D eigenvalue weighted by Gasteiger charge is 2.64. The number of imide groups is 1. The van der Waals surface area contributed by atoms with E-state index in [4.69, 9.17) is 16.3 Å². The first-order valence-corrected chi connectivity index (χ1v) is 20.7. The van der Waals surface area contributed by atoms with Gasteiger partial charge in [0.25, 0.3) is 17.4 Å². The number of benzene rings is 2. The second-order valence-electron chi connectivity index (χ2n) is 17.4. The predicted molar refractivity (Wildman–Crippen MR) is 222 cm³/mol. The van der Waals surface area contributed by atoms with Gasteiger partial charge in [0, 0.05) is 92.1 Å². The third-order valence-corrected chi connectivity index (χ3v) is 13.1. The maximum atomic E-state index is 13.4. The number of anilines is 2. The molecule has 1 saturated carbocycles. The standard InChI is InChI=1S/C43H49ClN10O5/c1-42(2)39(43(3,4)40(42)59-31-7-5-27(21-45)33(44)20-31)50-36(56)29-22-46-41(47-23-29)53-14-12-26(25-53)11-13-51-15-17-52(18-16-51)30-6-8-32-28(19-30)24-48-54(38(32)58)34-9-10-35(55)49-37(34)57/h5-8,19-20,22-24,26,34,39-40H,9-18,25H2,1-4H3,(H,50,56)(H,49,55,57)/t26?,34-,39-,40-/m0/s1. The summed E-state index contributed by atoms with van der Waals surface area (Å²) in [5.41, 5.74) is 0.735. The van der Waals surface area contributed by atoms with Crippen LogP contribution in [0, 0.1) is 28.1 Å². The maximum Gasteiger partial charge on any atom is 0.275 e. The number of halogens is 1. The van der Waals surface area contributed by atoms with Crippen LogP contribution in [-0.2, 0) is 9.59 Å². The first-order chi connectivity index (χ1) is 28.2. The van der Waals surface area contributed by atoms with Crippen LogP contribution < -0.4 is 30.7 Å². The number of carbonyl (C=O) groups excluding carboxylic acids is 3. The van der Waals surface area contributed by atoms with Crippen LogP contribution in [0.3, 0.4) is 0 Å². The van der Waals surface area contributed by atoms with Gasteiger partial charge in [-0.15, -0.1) is 0 Å². The van der Waals surface area contributed by atoms with E-state index < -0.39 is 11.9 Å². The Hall–Kier alpha value is -5.59. The fraction of sp³-hybridized carbons (Fsp3) is 0.488. The molecule has 0 bridgehead atoms. The van der Waals surface area contributed by atoms with Gasteiger partial charge in [-0.1, -0.05) is 39.3 Å². The number of aromatic nitrogens is 4. The van der Waals surface area contributed by atoms with E-state index in [1.807, 2.05) is 18.2 Å². The van der Waals surface area contributed by atoms with Crippen LogP contribution in [0.5, 0.6) is 5.75 Å². The summed E-state index contributed by atoms with van der Waals surface area (Å²) in [6.45, 7) is 14.7. The molecular weight excluding hydrogens is 772 g/mol. The molecule has 16 heteroatoms. The number of fused-ring (bicyclic) bond motifs is 1. The molecule has 3 aliphatic heterocycles. The van der Waals surface area contributed by atoms with Crippen molar-refractivity contribution in [3.63, 3.8) is 0 Å². The Morgan fingerprint density at radius 3 is 2.41 bits per heavy atom. The summed E-state index contributed by atoms with van der Waals surface area (Å²) in [6, 6.07) is 11.9. The zero-order valence-electron chi connectivity index (χ0n) is 33.8. The highest BCUT2D eigenvalue weighted by Crippen LogP contribution is 2.55. The smallest absolute Gasteiger partial charge is 0.275 e. The second kappa shape index (κ2) is 15.9. The van der Waals surface area contributed by atoms with Crippen molar-refractivity contribution in [2.24, 2.45) is 16.7 Å². The molecule has 5 heterocycles. The van der Waals surface area contributed by atoms with Crippen LogP contribution in [0.25, 0.3) is 10.8 Å². The molecule has 0 spiro atoms. The van der Waals surface area contributed by atoms with Gasteiger partial charge in [0.15, 0.2) is 0 Å². The molecule has 2 aromatic carbocycles. The molecule has 15 nitrogen and oxygen atoms in total. The summed E-state index contributed by atoms with van der Waals surface area (Å²) in [7, 11) is 0. The summed E-state index contributed by atoms with van der Waals surface area (Å²) < 4.78 is 7.56. The number of nitriles is 1. The molecule has 3 amide bonds. The summed E-state index contributed by atoms with van der Waals surface area (Å²) in [5, 5.41) is 20.6. The van der Waals surface area contributed by atoms with Crippen molar-refractivity contribution in [2.75, 3.05) is 55.6 Å². The lowest BCUT2D eigenvalue weighted by Crippen LogP contribution is -2.74. The fourth-order valence-corrected chi connectivity index (χ4v) is 9.96. The Balaban J connectivity index is 0.790. The molecule has 2 atom stereocenters. The van der Waals surface area contributed by atoms with E-state index in [1.165, 1.54) is 4.68 Å². The van der Waals surface area contributed by atoms with Crippen molar-refractivity contribution in [1.82, 2.24) is 35.3 Å². The highest BCUT2D eigenvalue weighted by molar-refractivity contribution is 6.31. The number of hydrogen-bond donors (Lipinski definition) is 2. The number of ether oxygens (including phenoxy) is 1. The lowest BCUT2D eigenvalue weighted by atomic mass is 9.49. The Morgan fingerprint density at radius 2 is 1.71 bits per heavy atom. The molecule has 4 fully saturated rings.